The quantitative estimate of drug-likeness (QED) is 0.582. The molecule has 1 heterocycles. The number of nitrogens with two attached hydrogens (primary N) is 1. The standard InChI is InChI=1S/C3H4N4O4S/c4-3(8)6-12(9,10)2-1-11-7-5-2/h1H,(H3,4,6,8). The molecule has 1 aromatic rings. The van der Waals surface area contributed by atoms with Crippen molar-refractivity contribution >= 4 is 16.1 Å². The first-order chi connectivity index (χ1) is 5.52. The van der Waals surface area contributed by atoms with Crippen LogP contribution in [0.2, 0.25) is 0 Å². The van der Waals surface area contributed by atoms with E-state index in [1.807, 2.05) is 0 Å². The van der Waals surface area contributed by atoms with E-state index in [2.05, 4.69) is 20.6 Å². The molecule has 0 atom stereocenters. The van der Waals surface area contributed by atoms with Gasteiger partial charge >= 0.3 is 6.03 Å². The normalized spacial score (nSPS) is 11.0. The number of rotatable bonds is 2. The monoisotopic (exact) mass is 192 g/mol. The van der Waals surface area contributed by atoms with Crippen molar-refractivity contribution in [3.8, 4) is 0 Å². The summed E-state index contributed by atoms with van der Waals surface area (Å²) in [6, 6.07) is -1.20. The van der Waals surface area contributed by atoms with Crippen LogP contribution in [-0.2, 0) is 10.0 Å². The molecule has 66 valence electrons. The highest BCUT2D eigenvalue weighted by Gasteiger charge is 2.19. The van der Waals surface area contributed by atoms with E-state index >= 15 is 0 Å². The fourth-order valence-corrected chi connectivity index (χ4v) is 1.14. The highest BCUT2D eigenvalue weighted by atomic mass is 32.2. The molecule has 3 N–H and O–H groups in total. The number of aromatic nitrogens is 2. The molecule has 1 rings (SSSR count). The molecule has 0 aromatic carbocycles. The number of nitrogens with zero attached hydrogens (tertiary/aromatic N) is 2. The van der Waals surface area contributed by atoms with E-state index in [1.54, 1.807) is 0 Å². The van der Waals surface area contributed by atoms with Gasteiger partial charge in [0.2, 0.25) is 5.03 Å². The number of carbonyl (C=O) groups is 1. The fraction of sp³-hybridized carbons (Fsp3) is 0. The van der Waals surface area contributed by atoms with Crippen LogP contribution >= 0.6 is 0 Å². The Morgan fingerprint density at radius 1 is 1.67 bits per heavy atom. The Balaban J connectivity index is 2.96. The van der Waals surface area contributed by atoms with Crippen molar-refractivity contribution in [2.75, 3.05) is 0 Å². The molecule has 0 unspecified atom stereocenters. The van der Waals surface area contributed by atoms with E-state index in [0.717, 1.165) is 6.26 Å². The molecule has 0 aliphatic rings. The molecular formula is C3H4N4O4S. The van der Waals surface area contributed by atoms with Crippen LogP contribution in [0.5, 0.6) is 0 Å². The molecule has 0 spiro atoms. The van der Waals surface area contributed by atoms with Crippen LogP contribution in [0.3, 0.4) is 0 Å². The summed E-state index contributed by atoms with van der Waals surface area (Å²) in [5.41, 5.74) is 4.58. The highest BCUT2D eigenvalue weighted by molar-refractivity contribution is 7.90. The summed E-state index contributed by atoms with van der Waals surface area (Å²) in [5, 5.41) is 5.47. The van der Waals surface area contributed by atoms with Gasteiger partial charge in [-0.15, -0.1) is 0 Å². The van der Waals surface area contributed by atoms with E-state index in [4.69, 9.17) is 0 Å². The lowest BCUT2D eigenvalue weighted by Crippen LogP contribution is -2.35. The van der Waals surface area contributed by atoms with Gasteiger partial charge in [-0.3, -0.25) is 0 Å². The summed E-state index contributed by atoms with van der Waals surface area (Å²) in [5.74, 6) is 0. The van der Waals surface area contributed by atoms with Gasteiger partial charge < -0.3 is 10.3 Å². The zero-order chi connectivity index (χ0) is 9.19. The lowest BCUT2D eigenvalue weighted by molar-refractivity contribution is 0.253. The molecule has 12 heavy (non-hydrogen) atoms. The third-order valence-corrected chi connectivity index (χ3v) is 2.05. The van der Waals surface area contributed by atoms with Crippen molar-refractivity contribution < 1.29 is 17.7 Å². The smallest absolute Gasteiger partial charge is 0.326 e. The number of amides is 2. The topological polar surface area (TPSA) is 128 Å². The molecule has 0 bridgehead atoms. The van der Waals surface area contributed by atoms with Crippen LogP contribution in [0, 0.1) is 0 Å². The SMILES string of the molecule is NC(=O)NS(=O)(=O)c1conn1. The van der Waals surface area contributed by atoms with E-state index in [9.17, 15) is 13.2 Å². The van der Waals surface area contributed by atoms with E-state index in [-0.39, 0.29) is 0 Å². The minimum atomic E-state index is -4.01. The number of hydrogen-bond acceptors (Lipinski definition) is 6. The van der Waals surface area contributed by atoms with Gasteiger partial charge in [-0.25, -0.2) is 9.52 Å². The van der Waals surface area contributed by atoms with Crippen LogP contribution < -0.4 is 10.5 Å². The Hall–Kier alpha value is -1.64. The number of sulfonamides is 1. The first kappa shape index (κ1) is 8.46. The van der Waals surface area contributed by atoms with Crippen LogP contribution in [-0.4, -0.2) is 24.8 Å². The summed E-state index contributed by atoms with van der Waals surface area (Å²) >= 11 is 0. The zero-order valence-electron chi connectivity index (χ0n) is 5.59. The molecule has 0 saturated carbocycles. The largest absolute Gasteiger partial charge is 0.351 e. The van der Waals surface area contributed by atoms with Gasteiger partial charge in [0, 0.05) is 5.27 Å². The van der Waals surface area contributed by atoms with Gasteiger partial charge in [0.1, 0.15) is 0 Å². The summed E-state index contributed by atoms with van der Waals surface area (Å²) in [4.78, 5) is 10.2. The minimum Gasteiger partial charge on any atom is -0.351 e. The Morgan fingerprint density at radius 3 is 2.75 bits per heavy atom. The molecular weight excluding hydrogens is 188 g/mol. The Labute approximate surface area is 66.8 Å². The Kier molecular flexibility index (Phi) is 1.95. The fourth-order valence-electron chi connectivity index (χ4n) is 0.458. The van der Waals surface area contributed by atoms with Crippen molar-refractivity contribution in [1.82, 2.24) is 15.1 Å². The molecule has 0 saturated heterocycles. The maximum atomic E-state index is 10.9. The third-order valence-electron chi connectivity index (χ3n) is 0.850. The molecule has 0 fully saturated rings. The van der Waals surface area contributed by atoms with E-state index in [1.165, 1.54) is 4.72 Å². The molecule has 9 heteroatoms. The first-order valence-corrected chi connectivity index (χ1v) is 4.10. The van der Waals surface area contributed by atoms with E-state index < -0.39 is 21.1 Å². The number of urea groups is 1. The Morgan fingerprint density at radius 2 is 2.33 bits per heavy atom. The van der Waals surface area contributed by atoms with Gasteiger partial charge in [0.15, 0.2) is 6.26 Å². The molecule has 1 aromatic heterocycles. The van der Waals surface area contributed by atoms with Crippen molar-refractivity contribution in [3.63, 3.8) is 0 Å². The van der Waals surface area contributed by atoms with Crippen molar-refractivity contribution in [3.05, 3.63) is 6.26 Å². The van der Waals surface area contributed by atoms with Crippen LogP contribution in [0.15, 0.2) is 15.8 Å². The van der Waals surface area contributed by atoms with Crippen LogP contribution in [0.4, 0.5) is 4.79 Å². The van der Waals surface area contributed by atoms with Gasteiger partial charge in [0.25, 0.3) is 10.0 Å². The second-order valence-electron chi connectivity index (χ2n) is 1.71. The maximum Gasteiger partial charge on any atom is 0.326 e. The molecule has 0 radical (unpaired) electrons. The number of nitrogens with one attached hydrogen (secondary N) is 1. The van der Waals surface area contributed by atoms with Crippen LogP contribution in [0.1, 0.15) is 0 Å². The second-order valence-corrected chi connectivity index (χ2v) is 3.34. The predicted molar refractivity (Wildman–Crippen MR) is 34.2 cm³/mol. The molecule has 2 amide bonds. The molecule has 0 aliphatic carbocycles. The average Bonchev–Trinajstić information content (AvgIpc) is 2.32. The van der Waals surface area contributed by atoms with Crippen molar-refractivity contribution in [2.24, 2.45) is 5.73 Å². The lowest BCUT2D eigenvalue weighted by Gasteiger charge is -1.96. The summed E-state index contributed by atoms with van der Waals surface area (Å²) in [7, 11) is -4.01. The number of primary amides is 1. The lowest BCUT2D eigenvalue weighted by atomic mass is 11.0. The second kappa shape index (κ2) is 2.77. The average molecular weight is 192 g/mol. The predicted octanol–water partition coefficient (Wildman–Crippen LogP) is -1.57. The third kappa shape index (κ3) is 1.69. The van der Waals surface area contributed by atoms with Gasteiger partial charge in [-0.2, -0.15) is 8.42 Å². The maximum absolute atomic E-state index is 10.9. The highest BCUT2D eigenvalue weighted by Crippen LogP contribution is 2.00. The minimum absolute atomic E-state index is 0.499. The number of carbonyl (C=O) groups excluding carboxylic acids is 1. The van der Waals surface area contributed by atoms with Crippen molar-refractivity contribution in [2.45, 2.75) is 5.03 Å². The Bertz CT molecular complexity index is 367. The summed E-state index contributed by atoms with van der Waals surface area (Å²) in [6.45, 7) is 0. The zero-order valence-corrected chi connectivity index (χ0v) is 6.41. The van der Waals surface area contributed by atoms with Gasteiger partial charge in [0.05, 0.1) is 0 Å². The van der Waals surface area contributed by atoms with Gasteiger partial charge in [-0.1, -0.05) is 5.10 Å². The number of hydrogen-bond donors (Lipinski definition) is 2. The van der Waals surface area contributed by atoms with Gasteiger partial charge in [-0.05, 0) is 0 Å². The summed E-state index contributed by atoms with van der Waals surface area (Å²) in [6.07, 6.45) is 0.769. The van der Waals surface area contributed by atoms with E-state index in [0.29, 0.717) is 0 Å². The molecule has 8 nitrogen and oxygen atoms in total. The van der Waals surface area contributed by atoms with Crippen LogP contribution in [0.25, 0.3) is 0 Å². The summed E-state index contributed by atoms with van der Waals surface area (Å²) < 4.78 is 27.5. The first-order valence-electron chi connectivity index (χ1n) is 2.61. The molecule has 0 aliphatic heterocycles. The van der Waals surface area contributed by atoms with Crippen molar-refractivity contribution in [1.29, 1.82) is 0 Å².